The summed E-state index contributed by atoms with van der Waals surface area (Å²) in [6.07, 6.45) is 0. The molecule has 4 aromatic carbocycles. The summed E-state index contributed by atoms with van der Waals surface area (Å²) in [7, 11) is 10.9. The molecule has 0 heterocycles. The van der Waals surface area contributed by atoms with Crippen LogP contribution in [0.1, 0.15) is 12.5 Å². The average Bonchev–Trinajstić information content (AvgIpc) is 2.87. The second kappa shape index (κ2) is 11.5. The first-order chi connectivity index (χ1) is 16.5. The van der Waals surface area contributed by atoms with Crippen LogP contribution in [0.3, 0.4) is 0 Å². The second-order valence-electron chi connectivity index (χ2n) is 7.74. The number of benzene rings is 4. The molecular formula is C29H25Cl2NOsP+. The van der Waals surface area contributed by atoms with Crippen molar-refractivity contribution in [1.29, 1.82) is 5.41 Å². The summed E-state index contributed by atoms with van der Waals surface area (Å²) in [5.74, 6) is 0. The van der Waals surface area contributed by atoms with Crippen LogP contribution in [-0.2, 0) is 13.8 Å². The van der Waals surface area contributed by atoms with Crippen molar-refractivity contribution >= 4 is 58.3 Å². The van der Waals surface area contributed by atoms with Crippen LogP contribution in [0, 0.1) is 5.41 Å². The first kappa shape index (κ1) is 24.9. The summed E-state index contributed by atoms with van der Waals surface area (Å²) < 4.78 is 2.11. The van der Waals surface area contributed by atoms with Crippen molar-refractivity contribution in [2.45, 2.75) is 6.92 Å². The Balaban J connectivity index is 2.29. The summed E-state index contributed by atoms with van der Waals surface area (Å²) in [5.41, 5.74) is 2.40. The van der Waals surface area contributed by atoms with Gasteiger partial charge in [-0.15, -0.1) is 0 Å². The van der Waals surface area contributed by atoms with Crippen LogP contribution < -0.4 is 15.9 Å². The molecule has 0 aromatic heterocycles. The molecule has 4 rings (SSSR count). The number of allylic oxidation sites excluding steroid dienone is 2. The van der Waals surface area contributed by atoms with Gasteiger partial charge in [-0.05, 0) is 0 Å². The molecule has 0 amide bonds. The van der Waals surface area contributed by atoms with Crippen molar-refractivity contribution in [3.05, 3.63) is 132 Å². The van der Waals surface area contributed by atoms with Crippen LogP contribution in [0.25, 0.3) is 5.57 Å². The van der Waals surface area contributed by atoms with Crippen molar-refractivity contribution in [1.82, 2.24) is 0 Å². The molecule has 0 saturated carbocycles. The van der Waals surface area contributed by atoms with E-state index < -0.39 is 21.0 Å². The molecule has 0 saturated heterocycles. The monoisotopic (exact) mass is 680 g/mol. The Kier molecular flexibility index (Phi) is 8.42. The molecule has 4 aromatic rings. The van der Waals surface area contributed by atoms with E-state index >= 15 is 0 Å². The van der Waals surface area contributed by atoms with Crippen LogP contribution in [0.4, 0.5) is 0 Å². The van der Waals surface area contributed by atoms with Crippen molar-refractivity contribution in [3.63, 3.8) is 0 Å². The average molecular weight is 680 g/mol. The van der Waals surface area contributed by atoms with Gasteiger partial charge in [0.2, 0.25) is 0 Å². The number of halogens is 2. The maximum atomic E-state index is 8.90. The Bertz CT molecular complexity index is 1220. The zero-order chi connectivity index (χ0) is 24.0. The normalized spacial score (nSPS) is 12.5. The molecule has 0 bridgehead atoms. The number of nitrogens with one attached hydrogen (secondary N) is 1. The Labute approximate surface area is 215 Å². The van der Waals surface area contributed by atoms with Crippen LogP contribution >= 0.6 is 26.5 Å². The Morgan fingerprint density at radius 3 is 1.32 bits per heavy atom. The fourth-order valence-corrected chi connectivity index (χ4v) is 14.0. The first-order valence-corrected chi connectivity index (χ1v) is 20.3. The first-order valence-electron chi connectivity index (χ1n) is 10.8. The van der Waals surface area contributed by atoms with Gasteiger partial charge in [-0.25, -0.2) is 0 Å². The van der Waals surface area contributed by atoms with E-state index in [0.717, 1.165) is 16.5 Å². The van der Waals surface area contributed by atoms with E-state index in [1.807, 2.05) is 43.3 Å². The number of hydrogen-bond donors (Lipinski definition) is 1. The Morgan fingerprint density at radius 2 is 1.00 bits per heavy atom. The van der Waals surface area contributed by atoms with E-state index in [1.165, 1.54) is 15.9 Å². The topological polar surface area (TPSA) is 23.9 Å². The minimum atomic E-state index is -2.63. The third-order valence-electron chi connectivity index (χ3n) is 5.66. The van der Waals surface area contributed by atoms with Gasteiger partial charge in [0.15, 0.2) is 0 Å². The molecule has 0 atom stereocenters. The van der Waals surface area contributed by atoms with Crippen molar-refractivity contribution in [2.75, 3.05) is 0 Å². The van der Waals surface area contributed by atoms with E-state index in [1.54, 1.807) is 0 Å². The summed E-state index contributed by atoms with van der Waals surface area (Å²) in [5, 5.41) is 13.6. The summed E-state index contributed by atoms with van der Waals surface area (Å²) in [6.45, 7) is 1.86. The van der Waals surface area contributed by atoms with Gasteiger partial charge < -0.3 is 0 Å². The summed E-state index contributed by atoms with van der Waals surface area (Å²) >= 11 is -2.63. The molecule has 0 aliphatic rings. The van der Waals surface area contributed by atoms with Gasteiger partial charge in [-0.3, -0.25) is 0 Å². The fraction of sp³-hybridized carbons (Fsp3) is 0.0345. The van der Waals surface area contributed by atoms with Crippen molar-refractivity contribution in [2.24, 2.45) is 0 Å². The van der Waals surface area contributed by atoms with Crippen LogP contribution in [0.2, 0.25) is 0 Å². The molecule has 0 aliphatic carbocycles. The third kappa shape index (κ3) is 5.08. The molecule has 1 N–H and O–H groups in total. The van der Waals surface area contributed by atoms with Crippen molar-refractivity contribution < 1.29 is 13.8 Å². The van der Waals surface area contributed by atoms with E-state index in [2.05, 4.69) is 89.5 Å². The Morgan fingerprint density at radius 1 is 0.647 bits per heavy atom. The molecule has 1 nitrogen and oxygen atoms in total. The number of rotatable bonds is 7. The molecule has 0 unspecified atom stereocenters. The van der Waals surface area contributed by atoms with Gasteiger partial charge in [0.05, 0.1) is 0 Å². The van der Waals surface area contributed by atoms with E-state index in [0.29, 0.717) is 5.71 Å². The predicted octanol–water partition coefficient (Wildman–Crippen LogP) is 7.16. The molecule has 0 spiro atoms. The van der Waals surface area contributed by atoms with Crippen LogP contribution in [0.5, 0.6) is 0 Å². The van der Waals surface area contributed by atoms with E-state index in [9.17, 15) is 0 Å². The molecule has 0 radical (unpaired) electrons. The van der Waals surface area contributed by atoms with Gasteiger partial charge >= 0.3 is 217 Å². The summed E-state index contributed by atoms with van der Waals surface area (Å²) in [6, 6.07) is 42.1. The van der Waals surface area contributed by atoms with E-state index in [-0.39, 0.29) is 0 Å². The van der Waals surface area contributed by atoms with Gasteiger partial charge in [-0.2, -0.15) is 0 Å². The van der Waals surface area contributed by atoms with Gasteiger partial charge in [0.1, 0.15) is 0 Å². The fourth-order valence-electron chi connectivity index (χ4n) is 4.34. The zero-order valence-electron chi connectivity index (χ0n) is 18.7. The van der Waals surface area contributed by atoms with Crippen LogP contribution in [0.15, 0.2) is 127 Å². The molecule has 172 valence electrons. The molecule has 34 heavy (non-hydrogen) atoms. The molecule has 0 fully saturated rings. The van der Waals surface area contributed by atoms with E-state index in [4.69, 9.17) is 24.7 Å². The minimum absolute atomic E-state index is 0.499. The second-order valence-corrected chi connectivity index (χ2v) is 19.1. The number of hydrogen-bond acceptors (Lipinski definition) is 1. The predicted molar refractivity (Wildman–Crippen MR) is 150 cm³/mol. The summed E-state index contributed by atoms with van der Waals surface area (Å²) in [4.78, 5) is 0. The SMILES string of the molecule is CC(=N)/C(=C(\[CH]=[Os]([Cl])[Cl])[P+](c1ccccc1)(c1ccccc1)c1ccccc1)c1ccccc1. The van der Waals surface area contributed by atoms with Crippen LogP contribution in [-0.4, -0.2) is 10.3 Å². The Hall–Kier alpha value is -2.19. The van der Waals surface area contributed by atoms with Gasteiger partial charge in [0, 0.05) is 0 Å². The molecular weight excluding hydrogens is 654 g/mol. The maximum absolute atomic E-state index is 8.90. The van der Waals surface area contributed by atoms with Gasteiger partial charge in [-0.1, -0.05) is 0 Å². The zero-order valence-corrected chi connectivity index (χ0v) is 23.6. The molecule has 5 heteroatoms. The quantitative estimate of drug-likeness (QED) is 0.159. The van der Waals surface area contributed by atoms with Gasteiger partial charge in [0.25, 0.3) is 0 Å². The third-order valence-corrected chi connectivity index (χ3v) is 13.1. The molecule has 0 aliphatic heterocycles. The standard InChI is InChI=1S/C29H25NP.2ClH.Os/c1-23(30)29(25-15-7-3-8-16-25)24(2)31(26-17-9-4-10-18-26,27-19-11-5-12-20-27)28-21-13-6-14-22-28;;;/h2-22,30H,1H3;2*1H;/q+1;;;+2/p-2/b29-24-,30-23?;;;. The van der Waals surface area contributed by atoms with Crippen molar-refractivity contribution in [3.8, 4) is 0 Å².